The van der Waals surface area contributed by atoms with Crippen molar-refractivity contribution in [2.45, 2.75) is 24.4 Å². The molecule has 2 aromatic rings. The number of benzene rings is 2. The fraction of sp³-hybridized carbons (Fsp3) is 0.250. The molecule has 0 aliphatic carbocycles. The number of rotatable bonds is 1. The Morgan fingerprint density at radius 2 is 1.67 bits per heavy atom. The van der Waals surface area contributed by atoms with E-state index in [-0.39, 0.29) is 17.0 Å². The molecule has 24 heavy (non-hydrogen) atoms. The van der Waals surface area contributed by atoms with E-state index >= 15 is 0 Å². The number of nitrogens with two attached hydrogens (primary N) is 1. The highest BCUT2D eigenvalue weighted by molar-refractivity contribution is 5.52. The molecule has 0 amide bonds. The molecule has 1 heterocycles. The number of ether oxygens (including phenoxy) is 1. The lowest BCUT2D eigenvalue weighted by Crippen LogP contribution is -2.46. The van der Waals surface area contributed by atoms with Crippen LogP contribution in [0.5, 0.6) is 5.75 Å². The van der Waals surface area contributed by atoms with Gasteiger partial charge in [0.05, 0.1) is 5.56 Å². The summed E-state index contributed by atoms with van der Waals surface area (Å²) in [5, 5.41) is 0. The van der Waals surface area contributed by atoms with Crippen molar-refractivity contribution in [2.75, 3.05) is 5.73 Å². The lowest BCUT2D eigenvalue weighted by molar-refractivity contribution is -0.248. The average Bonchev–Trinajstić information content (AvgIpc) is 2.86. The molecule has 0 aromatic heterocycles. The van der Waals surface area contributed by atoms with E-state index in [1.165, 1.54) is 18.2 Å². The van der Waals surface area contributed by atoms with Gasteiger partial charge in [-0.2, -0.15) is 26.3 Å². The van der Waals surface area contributed by atoms with Crippen LogP contribution in [0.15, 0.2) is 42.5 Å². The molecule has 0 bridgehead atoms. The van der Waals surface area contributed by atoms with Crippen molar-refractivity contribution in [2.24, 2.45) is 0 Å². The molecule has 2 N–H and O–H groups in total. The zero-order chi connectivity index (χ0) is 17.8. The maximum atomic E-state index is 13.8. The van der Waals surface area contributed by atoms with Crippen LogP contribution in [0.25, 0.3) is 0 Å². The van der Waals surface area contributed by atoms with Gasteiger partial charge in [-0.1, -0.05) is 12.1 Å². The van der Waals surface area contributed by atoms with E-state index < -0.39 is 35.5 Å². The number of hydrogen-bond acceptors (Lipinski definition) is 2. The summed E-state index contributed by atoms with van der Waals surface area (Å²) >= 11 is 0. The van der Waals surface area contributed by atoms with Crippen molar-refractivity contribution >= 4 is 5.69 Å². The number of alkyl halides is 6. The molecule has 0 fully saturated rings. The topological polar surface area (TPSA) is 35.2 Å². The summed E-state index contributed by atoms with van der Waals surface area (Å²) < 4.78 is 85.0. The van der Waals surface area contributed by atoms with Crippen LogP contribution in [-0.4, -0.2) is 6.18 Å². The van der Waals surface area contributed by atoms with Crippen LogP contribution in [0, 0.1) is 0 Å². The van der Waals surface area contributed by atoms with Crippen molar-refractivity contribution in [3.05, 3.63) is 59.2 Å². The second-order valence-electron chi connectivity index (χ2n) is 5.55. The fourth-order valence-corrected chi connectivity index (χ4v) is 2.76. The van der Waals surface area contributed by atoms with Crippen LogP contribution >= 0.6 is 0 Å². The minimum Gasteiger partial charge on any atom is -0.472 e. The van der Waals surface area contributed by atoms with Crippen LogP contribution in [0.2, 0.25) is 0 Å². The van der Waals surface area contributed by atoms with Gasteiger partial charge in [-0.25, -0.2) is 0 Å². The Balaban J connectivity index is 2.14. The predicted octanol–water partition coefficient (Wildman–Crippen LogP) is 4.68. The minimum atomic E-state index is -4.91. The lowest BCUT2D eigenvalue weighted by atomic mass is 9.87. The smallest absolute Gasteiger partial charge is 0.432 e. The van der Waals surface area contributed by atoms with Gasteiger partial charge >= 0.3 is 12.4 Å². The van der Waals surface area contributed by atoms with Gasteiger partial charge in [0, 0.05) is 23.2 Å². The summed E-state index contributed by atoms with van der Waals surface area (Å²) in [4.78, 5) is 0. The lowest BCUT2D eigenvalue weighted by Gasteiger charge is -2.32. The molecule has 1 atom stereocenters. The molecule has 1 aliphatic rings. The van der Waals surface area contributed by atoms with Gasteiger partial charge in [-0.15, -0.1) is 0 Å². The molecule has 0 spiro atoms. The summed E-state index contributed by atoms with van der Waals surface area (Å²) in [7, 11) is 0. The van der Waals surface area contributed by atoms with Gasteiger partial charge < -0.3 is 10.5 Å². The van der Waals surface area contributed by atoms with Gasteiger partial charge in [0.1, 0.15) is 5.75 Å². The zero-order valence-corrected chi connectivity index (χ0v) is 12.0. The number of nitrogen functional groups attached to an aromatic ring is 1. The van der Waals surface area contributed by atoms with Crippen LogP contribution in [0.1, 0.15) is 16.7 Å². The van der Waals surface area contributed by atoms with Crippen molar-refractivity contribution in [3.63, 3.8) is 0 Å². The number of hydrogen-bond donors (Lipinski definition) is 1. The van der Waals surface area contributed by atoms with Crippen molar-refractivity contribution in [1.82, 2.24) is 0 Å². The summed E-state index contributed by atoms with van der Waals surface area (Å²) in [6, 6.07) is 7.10. The summed E-state index contributed by atoms with van der Waals surface area (Å²) in [5.41, 5.74) is 1.38. The van der Waals surface area contributed by atoms with E-state index in [0.717, 1.165) is 12.1 Å². The number of anilines is 1. The normalized spacial score (nSPS) is 20.6. The second-order valence-corrected chi connectivity index (χ2v) is 5.55. The highest BCUT2D eigenvalue weighted by atomic mass is 19.4. The molecular weight excluding hydrogens is 336 g/mol. The Labute approximate surface area is 132 Å². The second kappa shape index (κ2) is 5.06. The third kappa shape index (κ3) is 2.55. The first-order valence-corrected chi connectivity index (χ1v) is 6.85. The van der Waals surface area contributed by atoms with Crippen molar-refractivity contribution in [1.29, 1.82) is 0 Å². The Bertz CT molecular complexity index is 783. The van der Waals surface area contributed by atoms with E-state index in [0.29, 0.717) is 12.1 Å². The van der Waals surface area contributed by atoms with Crippen LogP contribution in [-0.2, 0) is 18.2 Å². The van der Waals surface area contributed by atoms with Crippen molar-refractivity contribution in [3.8, 4) is 5.75 Å². The molecule has 1 unspecified atom stereocenters. The molecule has 0 radical (unpaired) electrons. The highest BCUT2D eigenvalue weighted by Gasteiger charge is 2.61. The molecule has 8 heteroatoms. The summed E-state index contributed by atoms with van der Waals surface area (Å²) in [6.07, 6.45) is -10.3. The SMILES string of the molecule is Nc1ccc2c(c1)CC(c1cccc(C(F)(F)F)c1)(C(F)(F)F)O2. The maximum Gasteiger partial charge on any atom is 0.432 e. The summed E-state index contributed by atoms with van der Waals surface area (Å²) in [5.74, 6) is -0.0427. The van der Waals surface area contributed by atoms with Crippen LogP contribution in [0.3, 0.4) is 0 Å². The standard InChI is InChI=1S/C16H11F6NO/c17-15(18,19)11-3-1-2-10(7-11)14(16(20,21)22)8-9-6-12(23)4-5-13(9)24-14/h1-7H,8,23H2. The average molecular weight is 347 g/mol. The molecule has 3 rings (SSSR count). The summed E-state index contributed by atoms with van der Waals surface area (Å²) in [6.45, 7) is 0. The van der Waals surface area contributed by atoms with Gasteiger partial charge in [-0.05, 0) is 30.3 Å². The first kappa shape index (κ1) is 16.5. The quantitative estimate of drug-likeness (QED) is 0.600. The first-order chi connectivity index (χ1) is 11.0. The molecule has 1 aliphatic heterocycles. The number of fused-ring (bicyclic) bond motifs is 1. The van der Waals surface area contributed by atoms with Crippen LogP contribution in [0.4, 0.5) is 32.0 Å². The molecule has 2 aromatic carbocycles. The van der Waals surface area contributed by atoms with Gasteiger partial charge in [0.15, 0.2) is 0 Å². The largest absolute Gasteiger partial charge is 0.472 e. The van der Waals surface area contributed by atoms with E-state index in [1.807, 2.05) is 0 Å². The van der Waals surface area contributed by atoms with E-state index in [1.54, 1.807) is 0 Å². The molecule has 0 saturated heterocycles. The first-order valence-electron chi connectivity index (χ1n) is 6.85. The third-order valence-electron chi connectivity index (χ3n) is 3.92. The van der Waals surface area contributed by atoms with Gasteiger partial charge in [-0.3, -0.25) is 0 Å². The minimum absolute atomic E-state index is 0.0427. The monoisotopic (exact) mass is 347 g/mol. The maximum absolute atomic E-state index is 13.8. The molecular formula is C16H11F6NO. The predicted molar refractivity (Wildman–Crippen MR) is 74.4 cm³/mol. The molecule has 2 nitrogen and oxygen atoms in total. The van der Waals surface area contributed by atoms with E-state index in [2.05, 4.69) is 0 Å². The van der Waals surface area contributed by atoms with E-state index in [4.69, 9.17) is 10.5 Å². The fourth-order valence-electron chi connectivity index (χ4n) is 2.76. The molecule has 0 saturated carbocycles. The third-order valence-corrected chi connectivity index (χ3v) is 3.92. The highest BCUT2D eigenvalue weighted by Crippen LogP contribution is 2.51. The zero-order valence-electron chi connectivity index (χ0n) is 12.0. The van der Waals surface area contributed by atoms with Gasteiger partial charge in [0.25, 0.3) is 0 Å². The van der Waals surface area contributed by atoms with Crippen LogP contribution < -0.4 is 10.5 Å². The Morgan fingerprint density at radius 3 is 2.29 bits per heavy atom. The van der Waals surface area contributed by atoms with Crippen molar-refractivity contribution < 1.29 is 31.1 Å². The number of halogens is 6. The van der Waals surface area contributed by atoms with Gasteiger partial charge in [0.2, 0.25) is 5.60 Å². The molecule has 128 valence electrons. The van der Waals surface area contributed by atoms with E-state index in [9.17, 15) is 26.3 Å². The Morgan fingerprint density at radius 1 is 0.958 bits per heavy atom. The Kier molecular flexibility index (Phi) is 3.47. The Hall–Kier alpha value is -2.38.